The molecule has 4 nitrogen and oxygen atoms in total. The fourth-order valence-electron chi connectivity index (χ4n) is 3.61. The molecule has 4 heteroatoms. The molecular weight excluding hydrogens is 268 g/mol. The summed E-state index contributed by atoms with van der Waals surface area (Å²) in [7, 11) is 1.60. The van der Waals surface area contributed by atoms with E-state index in [1.54, 1.807) is 26.2 Å². The zero-order valence-electron chi connectivity index (χ0n) is 12.2. The number of carbonyl (C=O) groups is 3. The van der Waals surface area contributed by atoms with E-state index in [0.717, 1.165) is 24.0 Å². The second-order valence-electron chi connectivity index (χ2n) is 6.16. The Hall–Kier alpha value is -1.97. The molecule has 0 heterocycles. The first-order valence-electron chi connectivity index (χ1n) is 7.22. The van der Waals surface area contributed by atoms with Gasteiger partial charge in [0.05, 0.1) is 7.11 Å². The van der Waals surface area contributed by atoms with Gasteiger partial charge < -0.3 is 9.53 Å². The molecule has 1 aromatic carbocycles. The van der Waals surface area contributed by atoms with Crippen LogP contribution in [0.15, 0.2) is 18.2 Å². The van der Waals surface area contributed by atoms with Crippen molar-refractivity contribution in [1.29, 1.82) is 0 Å². The summed E-state index contributed by atoms with van der Waals surface area (Å²) in [5.74, 6) is 0.277. The topological polar surface area (TPSA) is 60.4 Å². The molecule has 0 unspecified atom stereocenters. The van der Waals surface area contributed by atoms with Gasteiger partial charge in [0.25, 0.3) is 0 Å². The van der Waals surface area contributed by atoms with Crippen LogP contribution in [0.5, 0.6) is 5.75 Å². The minimum absolute atomic E-state index is 0.0341. The van der Waals surface area contributed by atoms with E-state index < -0.39 is 5.41 Å². The summed E-state index contributed by atoms with van der Waals surface area (Å²) in [6, 6.07) is 5.45. The van der Waals surface area contributed by atoms with E-state index in [4.69, 9.17) is 4.74 Å². The second-order valence-corrected chi connectivity index (χ2v) is 6.16. The molecule has 1 aromatic rings. The fraction of sp³-hybridized carbons (Fsp3) is 0.471. The predicted octanol–water partition coefficient (Wildman–Crippen LogP) is 2.23. The Morgan fingerprint density at radius 3 is 2.81 bits per heavy atom. The van der Waals surface area contributed by atoms with Crippen molar-refractivity contribution in [2.45, 2.75) is 26.2 Å². The monoisotopic (exact) mass is 286 g/mol. The number of methoxy groups -OCH3 is 1. The maximum atomic E-state index is 12.7. The quantitative estimate of drug-likeness (QED) is 0.796. The lowest BCUT2D eigenvalue weighted by atomic mass is 9.78. The Kier molecular flexibility index (Phi) is 3.19. The van der Waals surface area contributed by atoms with Crippen LogP contribution in [0.1, 0.15) is 35.7 Å². The highest BCUT2D eigenvalue weighted by atomic mass is 16.5. The smallest absolute Gasteiger partial charge is 0.166 e. The molecule has 0 spiro atoms. The number of aldehydes is 1. The van der Waals surface area contributed by atoms with Crippen LogP contribution in [-0.4, -0.2) is 25.0 Å². The van der Waals surface area contributed by atoms with Crippen LogP contribution in [0, 0.1) is 17.3 Å². The highest BCUT2D eigenvalue weighted by Crippen LogP contribution is 2.56. The Morgan fingerprint density at radius 2 is 2.14 bits per heavy atom. The molecule has 0 aliphatic heterocycles. The van der Waals surface area contributed by atoms with Gasteiger partial charge >= 0.3 is 0 Å². The first-order valence-corrected chi connectivity index (χ1v) is 7.22. The average Bonchev–Trinajstić information content (AvgIpc) is 3.00. The van der Waals surface area contributed by atoms with Gasteiger partial charge in [0.15, 0.2) is 5.78 Å². The third-order valence-corrected chi connectivity index (χ3v) is 5.00. The molecule has 0 bridgehead atoms. The zero-order chi connectivity index (χ0) is 15.2. The van der Waals surface area contributed by atoms with Gasteiger partial charge in [0.1, 0.15) is 17.8 Å². The van der Waals surface area contributed by atoms with Gasteiger partial charge in [-0.1, -0.05) is 6.92 Å². The number of Topliss-reactive ketones (excluding diaryl/α,β-unsaturated/α-hetero) is 2. The molecule has 2 aliphatic carbocycles. The zero-order valence-corrected chi connectivity index (χ0v) is 12.2. The number of carbonyl (C=O) groups excluding carboxylic acids is 3. The number of hydrogen-bond donors (Lipinski definition) is 0. The van der Waals surface area contributed by atoms with E-state index >= 15 is 0 Å². The SMILES string of the molecule is COc1ccc2c(c1)CC[C@@H]([C@@H]1C(=O)[C@@]1(C)CC=O)C2=O. The maximum absolute atomic E-state index is 12.7. The van der Waals surface area contributed by atoms with Gasteiger partial charge in [0.2, 0.25) is 0 Å². The third-order valence-electron chi connectivity index (χ3n) is 5.00. The molecule has 0 radical (unpaired) electrons. The van der Waals surface area contributed by atoms with Gasteiger partial charge in [-0.25, -0.2) is 0 Å². The lowest BCUT2D eigenvalue weighted by Gasteiger charge is -2.24. The van der Waals surface area contributed by atoms with Gasteiger partial charge in [-0.15, -0.1) is 0 Å². The lowest BCUT2D eigenvalue weighted by molar-refractivity contribution is -0.116. The first-order chi connectivity index (χ1) is 10.0. The molecular formula is C17H18O4. The van der Waals surface area contributed by atoms with Crippen LogP contribution in [0.25, 0.3) is 0 Å². The largest absolute Gasteiger partial charge is 0.497 e. The molecule has 1 fully saturated rings. The van der Waals surface area contributed by atoms with Crippen LogP contribution in [0.4, 0.5) is 0 Å². The molecule has 1 saturated carbocycles. The lowest BCUT2D eigenvalue weighted by Crippen LogP contribution is -2.26. The summed E-state index contributed by atoms with van der Waals surface area (Å²) in [6.45, 7) is 1.80. The van der Waals surface area contributed by atoms with Crippen molar-refractivity contribution >= 4 is 17.9 Å². The Balaban J connectivity index is 1.87. The minimum Gasteiger partial charge on any atom is -0.497 e. The second kappa shape index (κ2) is 4.79. The van der Waals surface area contributed by atoms with Crippen LogP contribution in [0.3, 0.4) is 0 Å². The normalized spacial score (nSPS) is 30.8. The first kappa shape index (κ1) is 14.0. The van der Waals surface area contributed by atoms with Gasteiger partial charge in [0, 0.05) is 29.2 Å². The average molecular weight is 286 g/mol. The number of benzene rings is 1. The van der Waals surface area contributed by atoms with E-state index in [1.165, 1.54) is 0 Å². The molecule has 21 heavy (non-hydrogen) atoms. The van der Waals surface area contributed by atoms with Crippen LogP contribution in [-0.2, 0) is 16.0 Å². The van der Waals surface area contributed by atoms with E-state index in [2.05, 4.69) is 0 Å². The Morgan fingerprint density at radius 1 is 1.38 bits per heavy atom. The van der Waals surface area contributed by atoms with Crippen molar-refractivity contribution in [2.24, 2.45) is 17.3 Å². The summed E-state index contributed by atoms with van der Waals surface area (Å²) in [5, 5.41) is 0. The molecule has 3 rings (SSSR count). The molecule has 2 aliphatic rings. The molecule has 0 saturated heterocycles. The van der Waals surface area contributed by atoms with Crippen LogP contribution >= 0.6 is 0 Å². The minimum atomic E-state index is -0.619. The molecule has 3 atom stereocenters. The van der Waals surface area contributed by atoms with Crippen molar-refractivity contribution < 1.29 is 19.1 Å². The van der Waals surface area contributed by atoms with Gasteiger partial charge in [-0.05, 0) is 36.6 Å². The van der Waals surface area contributed by atoms with Crippen molar-refractivity contribution in [3.8, 4) is 5.75 Å². The van der Waals surface area contributed by atoms with Crippen molar-refractivity contribution in [2.75, 3.05) is 7.11 Å². The van der Waals surface area contributed by atoms with Crippen LogP contribution < -0.4 is 4.74 Å². The van der Waals surface area contributed by atoms with Gasteiger partial charge in [-0.3, -0.25) is 9.59 Å². The molecule has 0 N–H and O–H groups in total. The Labute approximate surface area is 123 Å². The van der Waals surface area contributed by atoms with Crippen LogP contribution in [0.2, 0.25) is 0 Å². The number of aryl methyl sites for hydroxylation is 1. The molecule has 0 amide bonds. The summed E-state index contributed by atoms with van der Waals surface area (Å²) in [4.78, 5) is 35.4. The molecule has 0 aromatic heterocycles. The fourth-order valence-corrected chi connectivity index (χ4v) is 3.61. The summed E-state index contributed by atoms with van der Waals surface area (Å²) < 4.78 is 5.18. The van der Waals surface area contributed by atoms with E-state index in [9.17, 15) is 14.4 Å². The summed E-state index contributed by atoms with van der Waals surface area (Å²) >= 11 is 0. The highest BCUT2D eigenvalue weighted by Gasteiger charge is 2.65. The number of hydrogen-bond acceptors (Lipinski definition) is 4. The van der Waals surface area contributed by atoms with Crippen molar-refractivity contribution in [3.05, 3.63) is 29.3 Å². The Bertz CT molecular complexity index is 634. The predicted molar refractivity (Wildman–Crippen MR) is 76.4 cm³/mol. The number of ketones is 2. The van der Waals surface area contributed by atoms with Gasteiger partial charge in [-0.2, -0.15) is 0 Å². The van der Waals surface area contributed by atoms with E-state index in [1.807, 2.05) is 6.07 Å². The van der Waals surface area contributed by atoms with Crippen molar-refractivity contribution in [1.82, 2.24) is 0 Å². The van der Waals surface area contributed by atoms with E-state index in [-0.39, 0.29) is 29.8 Å². The number of rotatable bonds is 4. The maximum Gasteiger partial charge on any atom is 0.166 e. The number of ether oxygens (including phenoxy) is 1. The molecule has 110 valence electrons. The summed E-state index contributed by atoms with van der Waals surface area (Å²) in [5.41, 5.74) is 1.06. The third kappa shape index (κ3) is 2.01. The number of fused-ring (bicyclic) bond motifs is 1. The standard InChI is InChI=1S/C17H18O4/c1-17(7-8-18)14(16(17)20)13-5-3-10-9-11(21-2)4-6-12(10)15(13)19/h4,6,8-9,13-14H,3,5,7H2,1-2H3/t13-,14+,17-/m0/s1. The van der Waals surface area contributed by atoms with Crippen molar-refractivity contribution in [3.63, 3.8) is 0 Å². The highest BCUT2D eigenvalue weighted by molar-refractivity contribution is 6.11. The van der Waals surface area contributed by atoms with E-state index in [0.29, 0.717) is 12.0 Å². The summed E-state index contributed by atoms with van der Waals surface area (Å²) in [6.07, 6.45) is 2.44.